The van der Waals surface area contributed by atoms with Crippen molar-refractivity contribution in [3.05, 3.63) is 0 Å². The lowest BCUT2D eigenvalue weighted by atomic mass is 9.57. The maximum Gasteiger partial charge on any atom is 0.188 e. The van der Waals surface area contributed by atoms with Crippen molar-refractivity contribution in [2.45, 2.75) is 68.9 Å². The number of nitrogens with zero attached hydrogens (tertiary/aromatic N) is 2. The van der Waals surface area contributed by atoms with Crippen molar-refractivity contribution >= 4 is 0 Å². The predicted molar refractivity (Wildman–Crippen MR) is 88.7 cm³/mol. The number of hydrogen-bond donors (Lipinski definition) is 2. The van der Waals surface area contributed by atoms with Gasteiger partial charge in [0.1, 0.15) is 25.2 Å². The van der Waals surface area contributed by atoms with E-state index in [4.69, 9.17) is 0 Å². The van der Waals surface area contributed by atoms with Crippen LogP contribution in [0.4, 0.5) is 0 Å². The van der Waals surface area contributed by atoms with Gasteiger partial charge < -0.3 is 4.90 Å². The smallest absolute Gasteiger partial charge is 0.188 e. The molecular formula is C19H32N4+2. The number of nitrogens with one attached hydrogen (secondary N) is 2. The Morgan fingerprint density at radius 3 is 1.91 bits per heavy atom. The van der Waals surface area contributed by atoms with E-state index in [9.17, 15) is 10.5 Å². The molecule has 3 aliphatic rings. The third kappa shape index (κ3) is 2.57. The van der Waals surface area contributed by atoms with E-state index in [-0.39, 0.29) is 11.1 Å². The van der Waals surface area contributed by atoms with Crippen LogP contribution in [0.25, 0.3) is 0 Å². The molecule has 0 amide bonds. The van der Waals surface area contributed by atoms with E-state index in [0.29, 0.717) is 11.8 Å². The molecule has 0 aromatic carbocycles. The monoisotopic (exact) mass is 316 g/mol. The zero-order valence-electron chi connectivity index (χ0n) is 14.8. The number of likely N-dealkylation sites (tertiary alicyclic amines) is 1. The fourth-order valence-electron chi connectivity index (χ4n) is 5.91. The first kappa shape index (κ1) is 16.7. The first-order chi connectivity index (χ1) is 11.1. The van der Waals surface area contributed by atoms with Crippen LogP contribution in [-0.2, 0) is 0 Å². The van der Waals surface area contributed by atoms with E-state index in [1.807, 2.05) is 0 Å². The Hall–Kier alpha value is -1.10. The van der Waals surface area contributed by atoms with Crippen LogP contribution in [0.1, 0.15) is 57.8 Å². The van der Waals surface area contributed by atoms with Gasteiger partial charge >= 0.3 is 0 Å². The summed E-state index contributed by atoms with van der Waals surface area (Å²) in [6, 6.07) is 5.58. The summed E-state index contributed by atoms with van der Waals surface area (Å²) < 4.78 is 0. The normalized spacial score (nSPS) is 43.1. The van der Waals surface area contributed by atoms with Crippen molar-refractivity contribution < 1.29 is 9.80 Å². The van der Waals surface area contributed by atoms with Gasteiger partial charge in [-0.3, -0.25) is 4.90 Å². The predicted octanol–water partition coefficient (Wildman–Crippen LogP) is 0.325. The summed E-state index contributed by atoms with van der Waals surface area (Å²) in [6.45, 7) is 2.01. The number of rotatable bonds is 3. The van der Waals surface area contributed by atoms with Gasteiger partial charge in [-0.25, -0.2) is 0 Å². The summed E-state index contributed by atoms with van der Waals surface area (Å²) >= 11 is 0. The van der Waals surface area contributed by atoms with E-state index in [2.05, 4.69) is 26.2 Å². The zero-order valence-corrected chi connectivity index (χ0v) is 14.8. The van der Waals surface area contributed by atoms with Crippen LogP contribution in [0.5, 0.6) is 0 Å². The van der Waals surface area contributed by atoms with Crippen LogP contribution in [0.15, 0.2) is 0 Å². The first-order valence-electron chi connectivity index (χ1n) is 9.57. The second-order valence-electron chi connectivity index (χ2n) is 8.47. The van der Waals surface area contributed by atoms with E-state index in [1.165, 1.54) is 35.5 Å². The summed E-state index contributed by atoms with van der Waals surface area (Å²) in [5, 5.41) is 20.5. The third-order valence-electron chi connectivity index (χ3n) is 7.06. The molecule has 0 radical (unpaired) electrons. The maximum atomic E-state index is 10.2. The molecule has 1 heterocycles. The van der Waals surface area contributed by atoms with Crippen molar-refractivity contribution in [1.82, 2.24) is 0 Å². The van der Waals surface area contributed by atoms with E-state index in [0.717, 1.165) is 45.2 Å². The van der Waals surface area contributed by atoms with Crippen molar-refractivity contribution in [1.29, 1.82) is 10.5 Å². The quantitative estimate of drug-likeness (QED) is 0.788. The Morgan fingerprint density at radius 2 is 1.48 bits per heavy atom. The minimum absolute atomic E-state index is 0.294. The van der Waals surface area contributed by atoms with Crippen molar-refractivity contribution in [3.63, 3.8) is 0 Å². The highest BCUT2D eigenvalue weighted by Crippen LogP contribution is 2.46. The van der Waals surface area contributed by atoms with Crippen molar-refractivity contribution in [2.75, 3.05) is 27.2 Å². The van der Waals surface area contributed by atoms with Gasteiger partial charge in [0, 0.05) is 24.7 Å². The highest BCUT2D eigenvalue weighted by atomic mass is 15.3. The largest absolute Gasteiger partial charge is 0.335 e. The lowest BCUT2D eigenvalue weighted by molar-refractivity contribution is -1.02. The highest BCUT2D eigenvalue weighted by Gasteiger charge is 2.65. The van der Waals surface area contributed by atoms with Crippen LogP contribution in [-0.4, -0.2) is 38.3 Å². The number of nitriles is 2. The molecule has 126 valence electrons. The summed E-state index contributed by atoms with van der Waals surface area (Å²) in [5.74, 6) is 1.02. The van der Waals surface area contributed by atoms with Gasteiger partial charge in [-0.05, 0) is 32.1 Å². The zero-order chi connectivity index (χ0) is 16.5. The summed E-state index contributed by atoms with van der Waals surface area (Å²) in [6.07, 6.45) is 10.4. The first-order valence-corrected chi connectivity index (χ1v) is 9.57. The van der Waals surface area contributed by atoms with Crippen LogP contribution in [0.2, 0.25) is 0 Å². The fraction of sp³-hybridized carbons (Fsp3) is 0.895. The van der Waals surface area contributed by atoms with Gasteiger partial charge in [-0.1, -0.05) is 12.8 Å². The molecule has 2 N–H and O–H groups in total. The number of piperidine rings is 1. The van der Waals surface area contributed by atoms with Crippen LogP contribution >= 0.6 is 0 Å². The highest BCUT2D eigenvalue weighted by molar-refractivity contribution is 5.17. The molecule has 1 aliphatic heterocycles. The minimum Gasteiger partial charge on any atom is -0.335 e. The van der Waals surface area contributed by atoms with E-state index >= 15 is 0 Å². The van der Waals surface area contributed by atoms with Crippen molar-refractivity contribution in [2.24, 2.45) is 11.8 Å². The molecule has 3 rings (SSSR count). The van der Waals surface area contributed by atoms with Crippen LogP contribution < -0.4 is 9.80 Å². The Morgan fingerprint density at radius 1 is 0.957 bits per heavy atom. The molecule has 2 saturated carbocycles. The van der Waals surface area contributed by atoms with Gasteiger partial charge in [-0.2, -0.15) is 10.5 Å². The number of fused-ring (bicyclic) bond motifs is 2. The Kier molecular flexibility index (Phi) is 4.68. The number of likely N-dealkylation sites (N-methyl/N-ethyl adjacent to an activating group) is 1. The molecule has 23 heavy (non-hydrogen) atoms. The summed E-state index contributed by atoms with van der Waals surface area (Å²) in [7, 11) is 4.36. The fourth-order valence-corrected chi connectivity index (χ4v) is 5.91. The Bertz CT molecular complexity index is 476. The topological polar surface area (TPSA) is 56.5 Å². The molecule has 1 saturated heterocycles. The average Bonchev–Trinajstić information content (AvgIpc) is 2.58. The number of hydrogen-bond acceptors (Lipinski definition) is 2. The van der Waals surface area contributed by atoms with Gasteiger partial charge in [0.15, 0.2) is 11.1 Å². The molecule has 0 bridgehead atoms. The average molecular weight is 316 g/mol. The number of quaternary nitrogens is 2. The third-order valence-corrected chi connectivity index (χ3v) is 7.06. The molecule has 0 spiro atoms. The molecule has 1 unspecified atom stereocenters. The Balaban J connectivity index is 2.02. The molecule has 4 heteroatoms. The van der Waals surface area contributed by atoms with E-state index < -0.39 is 0 Å². The molecular weight excluding hydrogens is 284 g/mol. The lowest BCUT2D eigenvalue weighted by Crippen LogP contribution is -3.31. The molecule has 5 atom stereocenters. The standard InChI is InChI=1S/C19H30N4/c1-22(2)11-12-23-18(14-20)9-5-3-7-16(18)13-17-8-4-6-10-19(17,23)15-21/h16-17H,3-13H2,1-2H3/p+2/t16-,17+,18-,19+. The molecule has 0 aromatic rings. The molecule has 2 aliphatic carbocycles. The Labute approximate surface area is 141 Å². The van der Waals surface area contributed by atoms with Crippen LogP contribution in [0, 0.1) is 34.5 Å². The lowest BCUT2D eigenvalue weighted by Gasteiger charge is -2.58. The molecule has 3 fully saturated rings. The van der Waals surface area contributed by atoms with Gasteiger partial charge in [0.05, 0.1) is 14.1 Å². The second-order valence-corrected chi connectivity index (χ2v) is 8.47. The summed E-state index contributed by atoms with van der Waals surface area (Å²) in [5.41, 5.74) is -0.589. The summed E-state index contributed by atoms with van der Waals surface area (Å²) in [4.78, 5) is 2.78. The maximum absolute atomic E-state index is 10.2. The van der Waals surface area contributed by atoms with Gasteiger partial charge in [0.25, 0.3) is 0 Å². The SMILES string of the molecule is C[NH+](C)CC[NH+]1[C@@]2(C#N)CCCC[C@@H]2C[C@@H]2CCCC[C@]21C#N. The molecule has 0 aromatic heterocycles. The second kappa shape index (κ2) is 6.42. The molecule has 4 nitrogen and oxygen atoms in total. The minimum atomic E-state index is -0.294. The van der Waals surface area contributed by atoms with Gasteiger partial charge in [0.2, 0.25) is 0 Å². The van der Waals surface area contributed by atoms with Gasteiger partial charge in [-0.15, -0.1) is 0 Å². The van der Waals surface area contributed by atoms with Crippen molar-refractivity contribution in [3.8, 4) is 12.1 Å². The van der Waals surface area contributed by atoms with Crippen LogP contribution in [0.3, 0.4) is 0 Å². The van der Waals surface area contributed by atoms with E-state index in [1.54, 1.807) is 0 Å².